The number of thiophene rings is 1. The Kier molecular flexibility index (Phi) is 3.30. The summed E-state index contributed by atoms with van der Waals surface area (Å²) < 4.78 is 1.23. The van der Waals surface area contributed by atoms with E-state index in [-0.39, 0.29) is 0 Å². The van der Waals surface area contributed by atoms with Crippen LogP contribution in [0.1, 0.15) is 37.6 Å². The molecule has 1 atom stereocenters. The average Bonchev–Trinajstić information content (AvgIpc) is 2.49. The van der Waals surface area contributed by atoms with E-state index in [1.54, 1.807) is 0 Å². The fourth-order valence-corrected chi connectivity index (χ4v) is 3.47. The van der Waals surface area contributed by atoms with E-state index in [0.29, 0.717) is 6.04 Å². The van der Waals surface area contributed by atoms with E-state index in [0.717, 1.165) is 12.0 Å². The molecular formula is C11H16BrNS. The summed E-state index contributed by atoms with van der Waals surface area (Å²) in [4.78, 5) is 1.43. The summed E-state index contributed by atoms with van der Waals surface area (Å²) >= 11 is 5.33. The van der Waals surface area contributed by atoms with Crippen molar-refractivity contribution in [1.82, 2.24) is 5.32 Å². The van der Waals surface area contributed by atoms with Crippen LogP contribution in [0.3, 0.4) is 0 Å². The molecule has 0 saturated heterocycles. The van der Waals surface area contributed by atoms with Gasteiger partial charge in [0.25, 0.3) is 0 Å². The van der Waals surface area contributed by atoms with Crippen molar-refractivity contribution in [2.24, 2.45) is 5.92 Å². The van der Waals surface area contributed by atoms with Gasteiger partial charge >= 0.3 is 0 Å². The van der Waals surface area contributed by atoms with Gasteiger partial charge in [0.1, 0.15) is 0 Å². The Morgan fingerprint density at radius 2 is 2.21 bits per heavy atom. The summed E-state index contributed by atoms with van der Waals surface area (Å²) in [5, 5.41) is 3.67. The highest BCUT2D eigenvalue weighted by atomic mass is 79.9. The van der Waals surface area contributed by atoms with Gasteiger partial charge in [-0.15, -0.1) is 11.3 Å². The quantitative estimate of drug-likeness (QED) is 0.879. The van der Waals surface area contributed by atoms with Crippen molar-refractivity contribution in [2.45, 2.75) is 38.8 Å². The van der Waals surface area contributed by atoms with Crippen LogP contribution in [0.2, 0.25) is 0 Å². The fourth-order valence-electron chi connectivity index (χ4n) is 2.04. The van der Waals surface area contributed by atoms with E-state index >= 15 is 0 Å². The van der Waals surface area contributed by atoms with Gasteiger partial charge in [0.05, 0.1) is 3.79 Å². The van der Waals surface area contributed by atoms with Gasteiger partial charge in [-0.05, 0) is 53.7 Å². The van der Waals surface area contributed by atoms with Gasteiger partial charge < -0.3 is 5.32 Å². The van der Waals surface area contributed by atoms with Crippen molar-refractivity contribution in [2.75, 3.05) is 0 Å². The molecule has 2 rings (SSSR count). The largest absolute Gasteiger partial charge is 0.307 e. The standard InChI is InChI=1S/C11H16BrNS/c1-7-5-9(6-7)13-8(2)10-3-4-11(12)14-10/h3-4,7-9,13H,5-6H2,1-2H3/t7?,8-,9?/m0/s1. The molecular weight excluding hydrogens is 258 g/mol. The van der Waals surface area contributed by atoms with Crippen LogP contribution in [-0.2, 0) is 0 Å². The molecule has 0 spiro atoms. The van der Waals surface area contributed by atoms with Gasteiger partial charge in [0.2, 0.25) is 0 Å². The van der Waals surface area contributed by atoms with Crippen LogP contribution in [0.5, 0.6) is 0 Å². The van der Waals surface area contributed by atoms with E-state index in [4.69, 9.17) is 0 Å². The monoisotopic (exact) mass is 273 g/mol. The summed E-state index contributed by atoms with van der Waals surface area (Å²) in [5.41, 5.74) is 0. The predicted octanol–water partition coefficient (Wildman–Crippen LogP) is 3.96. The minimum absolute atomic E-state index is 0.504. The van der Waals surface area contributed by atoms with Gasteiger partial charge in [-0.25, -0.2) is 0 Å². The maximum absolute atomic E-state index is 3.67. The zero-order valence-corrected chi connectivity index (χ0v) is 11.0. The molecule has 3 heteroatoms. The molecule has 0 amide bonds. The molecule has 0 aromatic carbocycles. The van der Waals surface area contributed by atoms with Crippen molar-refractivity contribution in [3.8, 4) is 0 Å². The molecule has 1 aliphatic carbocycles. The third kappa shape index (κ3) is 2.38. The molecule has 0 unspecified atom stereocenters. The molecule has 1 fully saturated rings. The first-order valence-electron chi connectivity index (χ1n) is 5.16. The molecule has 78 valence electrons. The topological polar surface area (TPSA) is 12.0 Å². The van der Waals surface area contributed by atoms with Crippen molar-refractivity contribution in [1.29, 1.82) is 0 Å². The number of hydrogen-bond acceptors (Lipinski definition) is 2. The van der Waals surface area contributed by atoms with E-state index in [2.05, 4.69) is 47.2 Å². The lowest BCUT2D eigenvalue weighted by Crippen LogP contribution is -2.41. The first-order chi connectivity index (χ1) is 6.65. The van der Waals surface area contributed by atoms with E-state index < -0.39 is 0 Å². The van der Waals surface area contributed by atoms with Crippen LogP contribution in [0.25, 0.3) is 0 Å². The highest BCUT2D eigenvalue weighted by Gasteiger charge is 2.26. The number of halogens is 1. The fraction of sp³-hybridized carbons (Fsp3) is 0.636. The molecule has 0 radical (unpaired) electrons. The molecule has 1 saturated carbocycles. The number of hydrogen-bond donors (Lipinski definition) is 1. The first kappa shape index (κ1) is 10.7. The van der Waals surface area contributed by atoms with Crippen molar-refractivity contribution >= 4 is 27.3 Å². The maximum Gasteiger partial charge on any atom is 0.0701 e. The Balaban J connectivity index is 1.86. The van der Waals surface area contributed by atoms with Gasteiger partial charge in [-0.2, -0.15) is 0 Å². The molecule has 1 heterocycles. The minimum Gasteiger partial charge on any atom is -0.307 e. The highest BCUT2D eigenvalue weighted by Crippen LogP contribution is 2.31. The molecule has 1 aliphatic rings. The molecule has 0 bridgehead atoms. The van der Waals surface area contributed by atoms with Crippen molar-refractivity contribution in [3.63, 3.8) is 0 Å². The zero-order chi connectivity index (χ0) is 10.1. The third-order valence-electron chi connectivity index (χ3n) is 2.88. The predicted molar refractivity (Wildman–Crippen MR) is 65.8 cm³/mol. The Morgan fingerprint density at radius 3 is 2.71 bits per heavy atom. The molecule has 1 aromatic heterocycles. The van der Waals surface area contributed by atoms with Crippen LogP contribution in [0.15, 0.2) is 15.9 Å². The number of nitrogens with one attached hydrogen (secondary N) is 1. The SMILES string of the molecule is CC1CC(N[C@@H](C)c2ccc(Br)s2)C1. The summed E-state index contributed by atoms with van der Waals surface area (Å²) in [6.07, 6.45) is 2.69. The summed E-state index contributed by atoms with van der Waals surface area (Å²) in [6.45, 7) is 4.58. The third-order valence-corrected chi connectivity index (χ3v) is 4.69. The van der Waals surface area contributed by atoms with Gasteiger partial charge in [0, 0.05) is 17.0 Å². The van der Waals surface area contributed by atoms with Crippen LogP contribution in [-0.4, -0.2) is 6.04 Å². The molecule has 1 N–H and O–H groups in total. The molecule has 14 heavy (non-hydrogen) atoms. The lowest BCUT2D eigenvalue weighted by molar-refractivity contribution is 0.227. The first-order valence-corrected chi connectivity index (χ1v) is 6.77. The molecule has 1 aromatic rings. The van der Waals surface area contributed by atoms with Crippen LogP contribution in [0, 0.1) is 5.92 Å². The second-order valence-electron chi connectivity index (χ2n) is 4.30. The normalized spacial score (nSPS) is 28.5. The van der Waals surface area contributed by atoms with E-state index in [9.17, 15) is 0 Å². The van der Waals surface area contributed by atoms with Crippen LogP contribution >= 0.6 is 27.3 Å². The van der Waals surface area contributed by atoms with Gasteiger partial charge in [0.15, 0.2) is 0 Å². The molecule has 0 aliphatic heterocycles. The number of rotatable bonds is 3. The summed E-state index contributed by atoms with van der Waals surface area (Å²) in [7, 11) is 0. The van der Waals surface area contributed by atoms with Gasteiger partial charge in [-0.3, -0.25) is 0 Å². The van der Waals surface area contributed by atoms with Crippen LogP contribution < -0.4 is 5.32 Å². The van der Waals surface area contributed by atoms with Crippen molar-refractivity contribution in [3.05, 3.63) is 20.8 Å². The second kappa shape index (κ2) is 4.33. The Morgan fingerprint density at radius 1 is 1.50 bits per heavy atom. The van der Waals surface area contributed by atoms with E-state index in [1.807, 2.05) is 11.3 Å². The Hall–Kier alpha value is 0.140. The van der Waals surface area contributed by atoms with Crippen molar-refractivity contribution < 1.29 is 0 Å². The molecule has 1 nitrogen and oxygen atoms in total. The smallest absolute Gasteiger partial charge is 0.0701 e. The lowest BCUT2D eigenvalue weighted by Gasteiger charge is -2.35. The minimum atomic E-state index is 0.504. The Labute approximate surface area is 98.0 Å². The summed E-state index contributed by atoms with van der Waals surface area (Å²) in [6, 6.07) is 5.58. The maximum atomic E-state index is 3.67. The van der Waals surface area contributed by atoms with E-state index in [1.165, 1.54) is 21.5 Å². The second-order valence-corrected chi connectivity index (χ2v) is 6.80. The van der Waals surface area contributed by atoms with Gasteiger partial charge in [-0.1, -0.05) is 6.92 Å². The average molecular weight is 274 g/mol. The van der Waals surface area contributed by atoms with Crippen LogP contribution in [0.4, 0.5) is 0 Å². The Bertz CT molecular complexity index is 304. The lowest BCUT2D eigenvalue weighted by atomic mass is 9.81. The summed E-state index contributed by atoms with van der Waals surface area (Å²) in [5.74, 6) is 0.926. The zero-order valence-electron chi connectivity index (χ0n) is 8.59. The highest BCUT2D eigenvalue weighted by molar-refractivity contribution is 9.11.